The lowest BCUT2D eigenvalue weighted by molar-refractivity contribution is 0.0787. The van der Waals surface area contributed by atoms with Gasteiger partial charge in [-0.15, -0.1) is 0 Å². The highest BCUT2D eigenvalue weighted by Crippen LogP contribution is 2.22. The van der Waals surface area contributed by atoms with Crippen molar-refractivity contribution >= 4 is 17.4 Å². The molecule has 0 atom stereocenters. The normalized spacial score (nSPS) is 13.6. The molecule has 1 aromatic heterocycles. The molecule has 1 aliphatic rings. The van der Waals surface area contributed by atoms with Crippen LogP contribution in [-0.4, -0.2) is 33.9 Å². The van der Waals surface area contributed by atoms with Crippen molar-refractivity contribution in [2.75, 3.05) is 18.4 Å². The minimum atomic E-state index is -0.0295. The quantitative estimate of drug-likeness (QED) is 0.773. The molecule has 0 spiro atoms. The van der Waals surface area contributed by atoms with Crippen LogP contribution in [0.15, 0.2) is 66.7 Å². The molecule has 5 heteroatoms. The summed E-state index contributed by atoms with van der Waals surface area (Å²) in [5.41, 5.74) is 2.24. The van der Waals surface area contributed by atoms with Crippen molar-refractivity contribution in [2.24, 2.45) is 0 Å². The Labute approximate surface area is 152 Å². The lowest BCUT2D eigenvalue weighted by Gasteiger charge is -2.16. The molecule has 0 radical (unpaired) electrons. The zero-order chi connectivity index (χ0) is 17.8. The van der Waals surface area contributed by atoms with Gasteiger partial charge >= 0.3 is 0 Å². The van der Waals surface area contributed by atoms with E-state index in [2.05, 4.69) is 15.3 Å². The van der Waals surface area contributed by atoms with Gasteiger partial charge in [0.05, 0.1) is 0 Å². The monoisotopic (exact) mass is 344 g/mol. The summed E-state index contributed by atoms with van der Waals surface area (Å²) in [6.45, 7) is 1.59. The van der Waals surface area contributed by atoms with Crippen LogP contribution in [0.1, 0.15) is 23.3 Å². The van der Waals surface area contributed by atoms with Crippen molar-refractivity contribution in [3.63, 3.8) is 0 Å². The summed E-state index contributed by atoms with van der Waals surface area (Å²) in [7, 11) is 0. The fourth-order valence-corrected chi connectivity index (χ4v) is 3.09. The van der Waals surface area contributed by atoms with Crippen LogP contribution in [0.5, 0.6) is 0 Å². The van der Waals surface area contributed by atoms with E-state index in [1.807, 2.05) is 65.6 Å². The highest BCUT2D eigenvalue weighted by molar-refractivity contribution is 5.93. The number of benzene rings is 2. The molecular formula is C21H20N4O. The summed E-state index contributed by atoms with van der Waals surface area (Å²) >= 11 is 0. The van der Waals surface area contributed by atoms with Gasteiger partial charge < -0.3 is 10.2 Å². The van der Waals surface area contributed by atoms with Crippen LogP contribution in [-0.2, 0) is 0 Å². The van der Waals surface area contributed by atoms with Crippen molar-refractivity contribution in [3.05, 3.63) is 72.4 Å². The second-order valence-electron chi connectivity index (χ2n) is 6.32. The Kier molecular flexibility index (Phi) is 4.60. The highest BCUT2D eigenvalue weighted by atomic mass is 16.2. The van der Waals surface area contributed by atoms with Crippen molar-refractivity contribution < 1.29 is 4.79 Å². The number of para-hydroxylation sites is 1. The molecule has 1 N–H and O–H groups in total. The first-order valence-corrected chi connectivity index (χ1v) is 8.85. The van der Waals surface area contributed by atoms with E-state index in [9.17, 15) is 4.79 Å². The summed E-state index contributed by atoms with van der Waals surface area (Å²) in [5, 5.41) is 3.28. The summed E-state index contributed by atoms with van der Waals surface area (Å²) in [6.07, 6.45) is 2.11. The molecule has 1 fully saturated rings. The van der Waals surface area contributed by atoms with E-state index in [0.717, 1.165) is 37.2 Å². The van der Waals surface area contributed by atoms with Crippen molar-refractivity contribution in [3.8, 4) is 11.4 Å². The zero-order valence-electron chi connectivity index (χ0n) is 14.4. The minimum absolute atomic E-state index is 0.0295. The summed E-state index contributed by atoms with van der Waals surface area (Å²) in [4.78, 5) is 23.9. The van der Waals surface area contributed by atoms with Gasteiger partial charge in [0.15, 0.2) is 5.82 Å². The van der Waals surface area contributed by atoms with Gasteiger partial charge in [-0.2, -0.15) is 0 Å². The molecule has 0 saturated carbocycles. The maximum atomic E-state index is 12.8. The SMILES string of the molecule is O=C(c1cc(Nc2ccccc2)nc(-c2ccccc2)n1)N1CCCC1. The molecular weight excluding hydrogens is 324 g/mol. The number of carbonyl (C=O) groups is 1. The first kappa shape index (κ1) is 16.3. The molecule has 1 aliphatic heterocycles. The van der Waals surface area contributed by atoms with Crippen molar-refractivity contribution in [2.45, 2.75) is 12.8 Å². The van der Waals surface area contributed by atoms with E-state index in [0.29, 0.717) is 17.3 Å². The van der Waals surface area contributed by atoms with Gasteiger partial charge in [-0.1, -0.05) is 48.5 Å². The molecule has 0 bridgehead atoms. The van der Waals surface area contributed by atoms with Crippen LogP contribution in [0.25, 0.3) is 11.4 Å². The van der Waals surface area contributed by atoms with Crippen LogP contribution < -0.4 is 5.32 Å². The Balaban J connectivity index is 1.73. The van der Waals surface area contributed by atoms with Gasteiger partial charge in [-0.05, 0) is 25.0 Å². The van der Waals surface area contributed by atoms with Crippen LogP contribution >= 0.6 is 0 Å². The average molecular weight is 344 g/mol. The van der Waals surface area contributed by atoms with Crippen LogP contribution in [0.2, 0.25) is 0 Å². The summed E-state index contributed by atoms with van der Waals surface area (Å²) in [6, 6.07) is 21.3. The third kappa shape index (κ3) is 3.57. The van der Waals surface area contributed by atoms with Gasteiger partial charge in [0.2, 0.25) is 0 Å². The van der Waals surface area contributed by atoms with E-state index in [-0.39, 0.29) is 5.91 Å². The zero-order valence-corrected chi connectivity index (χ0v) is 14.4. The third-order valence-electron chi connectivity index (χ3n) is 4.42. The number of aromatic nitrogens is 2. The van der Waals surface area contributed by atoms with Gasteiger partial charge in [0.1, 0.15) is 11.5 Å². The van der Waals surface area contributed by atoms with Crippen LogP contribution in [0.3, 0.4) is 0 Å². The molecule has 2 heterocycles. The number of rotatable bonds is 4. The smallest absolute Gasteiger partial charge is 0.272 e. The Hall–Kier alpha value is -3.21. The molecule has 2 aromatic carbocycles. The Morgan fingerprint density at radius 2 is 1.54 bits per heavy atom. The lowest BCUT2D eigenvalue weighted by Crippen LogP contribution is -2.28. The number of amides is 1. The molecule has 4 rings (SSSR count). The maximum Gasteiger partial charge on any atom is 0.272 e. The maximum absolute atomic E-state index is 12.8. The van der Waals surface area contributed by atoms with Crippen molar-refractivity contribution in [1.29, 1.82) is 0 Å². The molecule has 130 valence electrons. The first-order chi connectivity index (χ1) is 12.8. The van der Waals surface area contributed by atoms with Crippen LogP contribution in [0, 0.1) is 0 Å². The predicted octanol–water partition coefficient (Wildman–Crippen LogP) is 4.12. The number of likely N-dealkylation sites (tertiary alicyclic amines) is 1. The molecule has 3 aromatic rings. The Morgan fingerprint density at radius 1 is 0.885 bits per heavy atom. The van der Waals surface area contributed by atoms with Gasteiger partial charge in [0.25, 0.3) is 5.91 Å². The fourth-order valence-electron chi connectivity index (χ4n) is 3.09. The number of hydrogen-bond acceptors (Lipinski definition) is 4. The van der Waals surface area contributed by atoms with E-state index in [1.165, 1.54) is 0 Å². The topological polar surface area (TPSA) is 58.1 Å². The molecule has 26 heavy (non-hydrogen) atoms. The average Bonchev–Trinajstić information content (AvgIpc) is 3.23. The van der Waals surface area contributed by atoms with Crippen LogP contribution in [0.4, 0.5) is 11.5 Å². The highest BCUT2D eigenvalue weighted by Gasteiger charge is 2.22. The molecule has 0 aliphatic carbocycles. The second kappa shape index (κ2) is 7.35. The largest absolute Gasteiger partial charge is 0.340 e. The first-order valence-electron chi connectivity index (χ1n) is 8.85. The number of anilines is 2. The fraction of sp³-hybridized carbons (Fsp3) is 0.190. The van der Waals surface area contributed by atoms with Crippen molar-refractivity contribution in [1.82, 2.24) is 14.9 Å². The Bertz CT molecular complexity index is 890. The standard InChI is InChI=1S/C21H20N4O/c26-21(25-13-7-8-14-25)18-15-19(22-17-11-5-2-6-12-17)24-20(23-18)16-9-3-1-4-10-16/h1-6,9-12,15H,7-8,13-14H2,(H,22,23,24). The molecule has 1 amide bonds. The molecule has 1 saturated heterocycles. The van der Waals surface area contributed by atoms with Gasteiger partial charge in [-0.25, -0.2) is 9.97 Å². The van der Waals surface area contributed by atoms with E-state index in [4.69, 9.17) is 0 Å². The summed E-state index contributed by atoms with van der Waals surface area (Å²) < 4.78 is 0. The number of carbonyl (C=O) groups excluding carboxylic acids is 1. The third-order valence-corrected chi connectivity index (χ3v) is 4.42. The number of hydrogen-bond donors (Lipinski definition) is 1. The number of nitrogens with zero attached hydrogens (tertiary/aromatic N) is 3. The number of nitrogens with one attached hydrogen (secondary N) is 1. The second-order valence-corrected chi connectivity index (χ2v) is 6.32. The Morgan fingerprint density at radius 3 is 2.23 bits per heavy atom. The van der Waals surface area contributed by atoms with Gasteiger partial charge in [0, 0.05) is 30.4 Å². The predicted molar refractivity (Wildman–Crippen MR) is 102 cm³/mol. The molecule has 5 nitrogen and oxygen atoms in total. The van der Waals surface area contributed by atoms with E-state index < -0.39 is 0 Å². The molecule has 0 unspecified atom stereocenters. The van der Waals surface area contributed by atoms with E-state index in [1.54, 1.807) is 6.07 Å². The van der Waals surface area contributed by atoms with Gasteiger partial charge in [-0.3, -0.25) is 4.79 Å². The minimum Gasteiger partial charge on any atom is -0.340 e. The lowest BCUT2D eigenvalue weighted by atomic mass is 10.2. The van der Waals surface area contributed by atoms with E-state index >= 15 is 0 Å². The summed E-state index contributed by atoms with van der Waals surface area (Å²) in [5.74, 6) is 1.14.